The topological polar surface area (TPSA) is 46.9 Å². The highest BCUT2D eigenvalue weighted by Crippen LogP contribution is 2.36. The normalized spacial score (nSPS) is 12.1. The summed E-state index contributed by atoms with van der Waals surface area (Å²) >= 11 is 9.20. The van der Waals surface area contributed by atoms with Gasteiger partial charge in [0.05, 0.1) is 16.3 Å². The van der Waals surface area contributed by atoms with E-state index in [1.54, 1.807) is 6.07 Å². The van der Waals surface area contributed by atoms with Crippen LogP contribution in [0.25, 0.3) is 5.69 Å². The molecule has 12 heteroatoms. The lowest BCUT2D eigenvalue weighted by Gasteiger charge is -2.11. The van der Waals surface area contributed by atoms with Gasteiger partial charge in [0, 0.05) is 16.2 Å². The fourth-order valence-corrected chi connectivity index (χ4v) is 3.24. The molecule has 0 unspecified atom stereocenters. The molecule has 0 aliphatic heterocycles. The van der Waals surface area contributed by atoms with Crippen molar-refractivity contribution in [1.29, 1.82) is 0 Å². The predicted octanol–water partition coefficient (Wildman–Crippen LogP) is 6.58. The number of nitrogens with one attached hydrogen (secondary N) is 1. The van der Waals surface area contributed by atoms with E-state index < -0.39 is 29.6 Å². The Balaban J connectivity index is 1.89. The molecule has 0 radical (unpaired) electrons. The summed E-state index contributed by atoms with van der Waals surface area (Å²) in [5.41, 5.74) is -3.16. The molecule has 0 fully saturated rings. The molecule has 0 saturated heterocycles. The van der Waals surface area contributed by atoms with E-state index >= 15 is 0 Å². The number of hydrogen-bond donors (Lipinski definition) is 1. The molecule has 3 rings (SSSR count). The molecule has 1 amide bonds. The highest BCUT2D eigenvalue weighted by atomic mass is 79.9. The molecule has 0 aliphatic carbocycles. The minimum absolute atomic E-state index is 0.0643. The van der Waals surface area contributed by atoms with Crippen molar-refractivity contribution in [3.8, 4) is 5.69 Å². The molecule has 30 heavy (non-hydrogen) atoms. The van der Waals surface area contributed by atoms with E-state index in [-0.39, 0.29) is 32.7 Å². The first kappa shape index (κ1) is 22.2. The minimum atomic E-state index is -5.05. The van der Waals surface area contributed by atoms with Crippen LogP contribution in [0.15, 0.2) is 53.0 Å². The Morgan fingerprint density at radius 2 is 1.60 bits per heavy atom. The summed E-state index contributed by atoms with van der Waals surface area (Å²) in [5, 5.41) is 5.71. The van der Waals surface area contributed by atoms with Crippen LogP contribution < -0.4 is 5.32 Å². The predicted molar refractivity (Wildman–Crippen MR) is 101 cm³/mol. The number of aromatic nitrogens is 2. The Bertz CT molecular complexity index is 1090. The molecular formula is C18H9BrClF6N3O. The SMILES string of the molecule is O=C(Nc1ccc(-n2nc(C(F)(F)F)cc2C(F)(F)F)cc1)c1ccc(Br)cc1Cl. The average molecular weight is 513 g/mol. The summed E-state index contributed by atoms with van der Waals surface area (Å²) in [6.07, 6.45) is -10.1. The first-order chi connectivity index (χ1) is 13.9. The maximum atomic E-state index is 13.1. The third kappa shape index (κ3) is 4.78. The van der Waals surface area contributed by atoms with Gasteiger partial charge in [0.2, 0.25) is 0 Å². The fraction of sp³-hybridized carbons (Fsp3) is 0.111. The van der Waals surface area contributed by atoms with Gasteiger partial charge in [-0.05, 0) is 42.5 Å². The van der Waals surface area contributed by atoms with Crippen molar-refractivity contribution in [2.75, 3.05) is 5.32 Å². The summed E-state index contributed by atoms with van der Waals surface area (Å²) in [5.74, 6) is -0.574. The number of alkyl halides is 6. The number of amides is 1. The number of halogens is 8. The van der Waals surface area contributed by atoms with E-state index in [4.69, 9.17) is 11.6 Å². The summed E-state index contributed by atoms with van der Waals surface area (Å²) in [7, 11) is 0. The van der Waals surface area contributed by atoms with Gasteiger partial charge in [0.25, 0.3) is 5.91 Å². The van der Waals surface area contributed by atoms with E-state index in [1.165, 1.54) is 24.3 Å². The summed E-state index contributed by atoms with van der Waals surface area (Å²) in [6, 6.07) is 9.17. The van der Waals surface area contributed by atoms with Gasteiger partial charge in [-0.2, -0.15) is 31.4 Å². The van der Waals surface area contributed by atoms with E-state index in [0.717, 1.165) is 12.1 Å². The highest BCUT2D eigenvalue weighted by Gasteiger charge is 2.42. The highest BCUT2D eigenvalue weighted by molar-refractivity contribution is 9.10. The number of rotatable bonds is 3. The molecule has 158 valence electrons. The van der Waals surface area contributed by atoms with Crippen LogP contribution in [0.3, 0.4) is 0 Å². The molecule has 0 saturated carbocycles. The van der Waals surface area contributed by atoms with E-state index in [9.17, 15) is 31.1 Å². The second-order valence-corrected chi connectivity index (χ2v) is 7.27. The van der Waals surface area contributed by atoms with Gasteiger partial charge in [-0.3, -0.25) is 4.79 Å². The van der Waals surface area contributed by atoms with Crippen LogP contribution in [0.2, 0.25) is 5.02 Å². The van der Waals surface area contributed by atoms with Gasteiger partial charge in [0.15, 0.2) is 5.69 Å². The van der Waals surface area contributed by atoms with Crippen LogP contribution in [0.4, 0.5) is 32.0 Å². The van der Waals surface area contributed by atoms with Crippen molar-refractivity contribution in [1.82, 2.24) is 9.78 Å². The smallest absolute Gasteiger partial charge is 0.322 e. The first-order valence-corrected chi connectivity index (χ1v) is 9.14. The number of carbonyl (C=O) groups is 1. The third-order valence-corrected chi connectivity index (χ3v) is 4.64. The average Bonchev–Trinajstić information content (AvgIpc) is 3.08. The molecule has 0 atom stereocenters. The van der Waals surface area contributed by atoms with E-state index in [1.807, 2.05) is 0 Å². The van der Waals surface area contributed by atoms with Gasteiger partial charge < -0.3 is 5.32 Å². The van der Waals surface area contributed by atoms with Gasteiger partial charge >= 0.3 is 12.4 Å². The Morgan fingerprint density at radius 3 is 2.13 bits per heavy atom. The zero-order chi connectivity index (χ0) is 22.3. The molecule has 0 bridgehead atoms. The molecule has 0 spiro atoms. The van der Waals surface area contributed by atoms with Crippen LogP contribution in [-0.2, 0) is 12.4 Å². The lowest BCUT2D eigenvalue weighted by atomic mass is 10.2. The van der Waals surface area contributed by atoms with Crippen LogP contribution in [0.5, 0.6) is 0 Å². The second kappa shape index (κ2) is 7.95. The van der Waals surface area contributed by atoms with Crippen molar-refractivity contribution >= 4 is 39.1 Å². The fourth-order valence-electron chi connectivity index (χ4n) is 2.48. The van der Waals surface area contributed by atoms with Crippen molar-refractivity contribution in [2.24, 2.45) is 0 Å². The number of benzene rings is 2. The van der Waals surface area contributed by atoms with Crippen LogP contribution in [-0.4, -0.2) is 15.7 Å². The largest absolute Gasteiger partial charge is 0.435 e. The van der Waals surface area contributed by atoms with Gasteiger partial charge in [-0.25, -0.2) is 4.68 Å². The Labute approximate surface area is 178 Å². The van der Waals surface area contributed by atoms with Crippen molar-refractivity contribution in [3.05, 3.63) is 75.0 Å². The van der Waals surface area contributed by atoms with Crippen molar-refractivity contribution in [2.45, 2.75) is 12.4 Å². The van der Waals surface area contributed by atoms with Crippen LogP contribution in [0.1, 0.15) is 21.7 Å². The monoisotopic (exact) mass is 511 g/mol. The number of carbonyl (C=O) groups excluding carboxylic acids is 1. The molecule has 4 nitrogen and oxygen atoms in total. The van der Waals surface area contributed by atoms with Crippen molar-refractivity contribution in [3.63, 3.8) is 0 Å². The second-order valence-electron chi connectivity index (χ2n) is 5.95. The maximum absolute atomic E-state index is 13.1. The zero-order valence-electron chi connectivity index (χ0n) is 14.4. The van der Waals surface area contributed by atoms with Gasteiger partial charge in [-0.1, -0.05) is 27.5 Å². The van der Waals surface area contributed by atoms with Gasteiger partial charge in [-0.15, -0.1) is 0 Å². The Kier molecular flexibility index (Phi) is 5.87. The molecule has 1 aromatic heterocycles. The third-order valence-electron chi connectivity index (χ3n) is 3.84. The summed E-state index contributed by atoms with van der Waals surface area (Å²) in [6.45, 7) is 0. The maximum Gasteiger partial charge on any atom is 0.435 e. The van der Waals surface area contributed by atoms with Crippen molar-refractivity contribution < 1.29 is 31.1 Å². The zero-order valence-corrected chi connectivity index (χ0v) is 16.8. The molecular weight excluding hydrogens is 504 g/mol. The first-order valence-electron chi connectivity index (χ1n) is 7.97. The van der Waals surface area contributed by atoms with E-state index in [2.05, 4.69) is 26.3 Å². The van der Waals surface area contributed by atoms with Crippen LogP contribution in [0, 0.1) is 0 Å². The Hall–Kier alpha value is -2.53. The molecule has 1 heterocycles. The molecule has 2 aromatic carbocycles. The quantitative estimate of drug-likeness (QED) is 0.403. The standard InChI is InChI=1S/C18H9BrClF6N3O/c19-9-1-6-12(13(20)7-9)16(30)27-10-2-4-11(5-3-10)29-15(18(24,25)26)8-14(28-29)17(21,22)23/h1-8H,(H,27,30). The number of anilines is 1. The van der Waals surface area contributed by atoms with Crippen LogP contribution >= 0.6 is 27.5 Å². The molecule has 3 aromatic rings. The summed E-state index contributed by atoms with van der Waals surface area (Å²) in [4.78, 5) is 12.3. The Morgan fingerprint density at radius 1 is 0.967 bits per heavy atom. The molecule has 0 aliphatic rings. The lowest BCUT2D eigenvalue weighted by Crippen LogP contribution is -2.14. The summed E-state index contributed by atoms with van der Waals surface area (Å²) < 4.78 is 78.7. The minimum Gasteiger partial charge on any atom is -0.322 e. The van der Waals surface area contributed by atoms with E-state index in [0.29, 0.717) is 4.47 Å². The molecule has 1 N–H and O–H groups in total. The van der Waals surface area contributed by atoms with Gasteiger partial charge in [0.1, 0.15) is 5.69 Å². The number of hydrogen-bond acceptors (Lipinski definition) is 2. The number of nitrogens with zero attached hydrogens (tertiary/aromatic N) is 2. The lowest BCUT2D eigenvalue weighted by molar-refractivity contribution is -0.143.